The van der Waals surface area contributed by atoms with Gasteiger partial charge in [-0.15, -0.1) is 0 Å². The summed E-state index contributed by atoms with van der Waals surface area (Å²) < 4.78 is 13.1. The molecular formula is C14H9ClFKN2O3S. The van der Waals surface area contributed by atoms with Crippen molar-refractivity contribution in [2.24, 2.45) is 0 Å². The number of carbonyl (C=O) groups is 2. The summed E-state index contributed by atoms with van der Waals surface area (Å²) in [5.74, 6) is -1.90. The van der Waals surface area contributed by atoms with E-state index in [9.17, 15) is 19.1 Å². The summed E-state index contributed by atoms with van der Waals surface area (Å²) in [5.41, 5.74) is 0.112. The van der Waals surface area contributed by atoms with Gasteiger partial charge in [0, 0.05) is 11.8 Å². The minimum absolute atomic E-state index is 0. The topological polar surface area (TPSA) is 82.1 Å². The second-order valence-electron chi connectivity index (χ2n) is 4.10. The SMILES string of the molecule is O=C(CNc1cc(F)ccc1Cl)Sc1ncccc1C(=O)[O-].[K+]. The maximum Gasteiger partial charge on any atom is 1.00 e. The van der Waals surface area contributed by atoms with Gasteiger partial charge in [-0.3, -0.25) is 4.79 Å². The van der Waals surface area contributed by atoms with Gasteiger partial charge in [-0.25, -0.2) is 9.37 Å². The number of benzene rings is 1. The number of hydrogen-bond acceptors (Lipinski definition) is 6. The number of nitrogens with one attached hydrogen (secondary N) is 1. The van der Waals surface area contributed by atoms with E-state index in [-0.39, 0.29) is 79.2 Å². The minimum Gasteiger partial charge on any atom is -0.545 e. The van der Waals surface area contributed by atoms with E-state index in [1.807, 2.05) is 0 Å². The fourth-order valence-corrected chi connectivity index (χ4v) is 2.49. The number of nitrogens with zero attached hydrogens (tertiary/aromatic N) is 1. The average molecular weight is 379 g/mol. The fraction of sp³-hybridized carbons (Fsp3) is 0.0714. The molecule has 1 N–H and O–H groups in total. The summed E-state index contributed by atoms with van der Waals surface area (Å²) in [7, 11) is 0. The minimum atomic E-state index is -1.41. The Hall–Kier alpha value is -0.484. The number of aromatic carboxylic acids is 1. The molecule has 0 fully saturated rings. The van der Waals surface area contributed by atoms with Gasteiger partial charge < -0.3 is 15.2 Å². The van der Waals surface area contributed by atoms with Gasteiger partial charge in [0.1, 0.15) is 10.8 Å². The third-order valence-electron chi connectivity index (χ3n) is 2.55. The molecule has 2 rings (SSSR count). The number of pyridine rings is 1. The maximum absolute atomic E-state index is 13.1. The van der Waals surface area contributed by atoms with E-state index >= 15 is 0 Å². The zero-order valence-corrected chi connectivity index (χ0v) is 16.7. The second-order valence-corrected chi connectivity index (χ2v) is 5.55. The Kier molecular flexibility index (Phi) is 8.69. The number of carboxylic acid groups (broad SMARTS) is 1. The van der Waals surface area contributed by atoms with Crippen LogP contribution in [0.4, 0.5) is 10.1 Å². The van der Waals surface area contributed by atoms with Crippen LogP contribution in [0.25, 0.3) is 0 Å². The molecule has 2 aromatic rings. The van der Waals surface area contributed by atoms with Gasteiger partial charge in [0.15, 0.2) is 0 Å². The van der Waals surface area contributed by atoms with E-state index in [1.165, 1.54) is 30.5 Å². The van der Waals surface area contributed by atoms with E-state index in [1.54, 1.807) is 0 Å². The Morgan fingerprint density at radius 3 is 2.78 bits per heavy atom. The quantitative estimate of drug-likeness (QED) is 0.529. The molecule has 0 aliphatic heterocycles. The number of anilines is 1. The van der Waals surface area contributed by atoms with Crippen LogP contribution >= 0.6 is 23.4 Å². The first-order valence-corrected chi connectivity index (χ1v) is 7.23. The van der Waals surface area contributed by atoms with Crippen molar-refractivity contribution in [3.8, 4) is 0 Å². The predicted octanol–water partition coefficient (Wildman–Crippen LogP) is -1.03. The van der Waals surface area contributed by atoms with Crippen LogP contribution in [-0.4, -0.2) is 22.6 Å². The third kappa shape index (κ3) is 6.15. The molecule has 114 valence electrons. The van der Waals surface area contributed by atoms with Crippen molar-refractivity contribution in [2.45, 2.75) is 5.03 Å². The van der Waals surface area contributed by atoms with E-state index in [0.29, 0.717) is 11.8 Å². The maximum atomic E-state index is 13.1. The number of thioether (sulfide) groups is 1. The first kappa shape index (κ1) is 20.6. The number of rotatable bonds is 5. The predicted molar refractivity (Wildman–Crippen MR) is 79.3 cm³/mol. The molecule has 0 aliphatic carbocycles. The van der Waals surface area contributed by atoms with E-state index < -0.39 is 16.9 Å². The van der Waals surface area contributed by atoms with Crippen LogP contribution in [-0.2, 0) is 4.79 Å². The number of aromatic nitrogens is 1. The van der Waals surface area contributed by atoms with Gasteiger partial charge in [0.2, 0.25) is 5.12 Å². The van der Waals surface area contributed by atoms with Crippen LogP contribution < -0.4 is 61.8 Å². The number of carboxylic acids is 1. The van der Waals surface area contributed by atoms with Crippen LogP contribution in [0.1, 0.15) is 10.4 Å². The molecule has 0 saturated carbocycles. The summed E-state index contributed by atoms with van der Waals surface area (Å²) in [5, 5.41) is 13.5. The molecular weight excluding hydrogens is 370 g/mol. The molecule has 0 spiro atoms. The molecule has 1 heterocycles. The Bertz CT molecular complexity index is 733. The Morgan fingerprint density at radius 1 is 1.35 bits per heavy atom. The van der Waals surface area contributed by atoms with Gasteiger partial charge in [0.05, 0.1) is 23.2 Å². The van der Waals surface area contributed by atoms with Crippen molar-refractivity contribution in [1.29, 1.82) is 0 Å². The summed E-state index contributed by atoms with van der Waals surface area (Å²) in [6.45, 7) is -0.170. The molecule has 5 nitrogen and oxygen atoms in total. The van der Waals surface area contributed by atoms with Crippen molar-refractivity contribution < 1.29 is 70.5 Å². The molecule has 0 radical (unpaired) electrons. The molecule has 1 aromatic carbocycles. The van der Waals surface area contributed by atoms with Gasteiger partial charge in [-0.05, 0) is 42.1 Å². The second kappa shape index (κ2) is 9.73. The third-order valence-corrected chi connectivity index (χ3v) is 3.77. The first-order chi connectivity index (χ1) is 10.5. The molecule has 0 amide bonds. The van der Waals surface area contributed by atoms with E-state index in [2.05, 4.69) is 10.3 Å². The van der Waals surface area contributed by atoms with Gasteiger partial charge in [-0.2, -0.15) is 0 Å². The molecule has 0 aliphatic rings. The first-order valence-electron chi connectivity index (χ1n) is 6.03. The fourth-order valence-electron chi connectivity index (χ4n) is 1.57. The van der Waals surface area contributed by atoms with Crippen LogP contribution in [0.15, 0.2) is 41.6 Å². The van der Waals surface area contributed by atoms with Crippen molar-refractivity contribution >= 4 is 40.1 Å². The molecule has 9 heteroatoms. The van der Waals surface area contributed by atoms with Crippen LogP contribution in [0.5, 0.6) is 0 Å². The smallest absolute Gasteiger partial charge is 0.545 e. The van der Waals surface area contributed by atoms with Crippen LogP contribution in [0, 0.1) is 5.82 Å². The summed E-state index contributed by atoms with van der Waals surface area (Å²) in [4.78, 5) is 26.6. The van der Waals surface area contributed by atoms with Crippen molar-refractivity contribution in [2.75, 3.05) is 11.9 Å². The van der Waals surface area contributed by atoms with Gasteiger partial charge in [-0.1, -0.05) is 11.6 Å². The molecule has 1 aromatic heterocycles. The monoisotopic (exact) mass is 378 g/mol. The largest absolute Gasteiger partial charge is 1.00 e. The molecule has 0 atom stereocenters. The van der Waals surface area contributed by atoms with E-state index in [0.717, 1.165) is 6.07 Å². The summed E-state index contributed by atoms with van der Waals surface area (Å²) in [6, 6.07) is 6.46. The standard InChI is InChI=1S/C14H10ClFN2O3S.K/c15-10-4-3-8(16)6-11(10)18-7-12(19)22-13-9(14(20)21)2-1-5-17-13;/h1-6,18H,7H2,(H,20,21);/q;+1/p-1. The number of hydrogen-bond donors (Lipinski definition) is 1. The number of halogens is 2. The zero-order valence-electron chi connectivity index (χ0n) is 12.0. The van der Waals surface area contributed by atoms with Crippen LogP contribution in [0.3, 0.4) is 0 Å². The van der Waals surface area contributed by atoms with Crippen molar-refractivity contribution in [3.63, 3.8) is 0 Å². The normalized spacial score (nSPS) is 9.83. The molecule has 0 saturated heterocycles. The molecule has 0 unspecified atom stereocenters. The van der Waals surface area contributed by atoms with E-state index in [4.69, 9.17) is 11.6 Å². The zero-order chi connectivity index (χ0) is 16.1. The van der Waals surface area contributed by atoms with Crippen molar-refractivity contribution in [3.05, 3.63) is 52.9 Å². The van der Waals surface area contributed by atoms with Gasteiger partial charge in [0.25, 0.3) is 0 Å². The van der Waals surface area contributed by atoms with Crippen molar-refractivity contribution in [1.82, 2.24) is 4.98 Å². The number of carbonyl (C=O) groups excluding carboxylic acids is 2. The van der Waals surface area contributed by atoms with Gasteiger partial charge >= 0.3 is 51.4 Å². The molecule has 23 heavy (non-hydrogen) atoms. The Labute approximate surface area is 183 Å². The molecule has 0 bridgehead atoms. The summed E-state index contributed by atoms with van der Waals surface area (Å²) in [6.07, 6.45) is 1.37. The Morgan fingerprint density at radius 2 is 2.09 bits per heavy atom. The Balaban J connectivity index is 0.00000264. The van der Waals surface area contributed by atoms with Crippen LogP contribution in [0.2, 0.25) is 5.02 Å². The average Bonchev–Trinajstić information content (AvgIpc) is 2.48. The summed E-state index contributed by atoms with van der Waals surface area (Å²) >= 11 is 6.52.